The predicted octanol–water partition coefficient (Wildman–Crippen LogP) is 3.90. The summed E-state index contributed by atoms with van der Waals surface area (Å²) in [5.74, 6) is 1.26. The molecular weight excluding hydrogens is 373 g/mol. The van der Waals surface area contributed by atoms with Crippen LogP contribution in [0.5, 0.6) is 0 Å². The largest absolute Gasteiger partial charge is 0.461 e. The third-order valence-electron chi connectivity index (χ3n) is 4.82. The van der Waals surface area contributed by atoms with E-state index in [0.717, 1.165) is 5.56 Å². The third kappa shape index (κ3) is 5.25. The molecule has 0 amide bonds. The van der Waals surface area contributed by atoms with Gasteiger partial charge in [-0.15, -0.1) is 10.2 Å². The van der Waals surface area contributed by atoms with E-state index in [9.17, 15) is 14.0 Å². The summed E-state index contributed by atoms with van der Waals surface area (Å²) < 4.78 is 21.0. The zero-order valence-corrected chi connectivity index (χ0v) is 16.7. The first-order valence-corrected chi connectivity index (χ1v) is 9.72. The van der Waals surface area contributed by atoms with Crippen molar-refractivity contribution in [3.8, 4) is 0 Å². The molecule has 29 heavy (non-hydrogen) atoms. The topological polar surface area (TPSA) is 78.0 Å². The fraction of sp³-hybridized carbons (Fsp3) is 0.364. The molecule has 2 aromatic heterocycles. The van der Waals surface area contributed by atoms with E-state index >= 15 is 0 Å². The summed E-state index contributed by atoms with van der Waals surface area (Å²) >= 11 is 0. The summed E-state index contributed by atoms with van der Waals surface area (Å²) in [5.41, 5.74) is 1.24. The third-order valence-corrected chi connectivity index (χ3v) is 4.82. The Kier molecular flexibility index (Phi) is 6.69. The number of hydrogen-bond donors (Lipinski definition) is 0. The molecule has 2 heterocycles. The quantitative estimate of drug-likeness (QED) is 0.485. The summed E-state index contributed by atoms with van der Waals surface area (Å²) in [7, 11) is 0. The van der Waals surface area contributed by atoms with E-state index in [1.807, 2.05) is 18.4 Å². The molecule has 0 aliphatic carbocycles. The Hall–Kier alpha value is -3.09. The number of aromatic nitrogens is 3. The molecule has 0 spiro atoms. The minimum Gasteiger partial charge on any atom is -0.461 e. The number of carbonyl (C=O) groups excluding carboxylic acids is 2. The Bertz CT molecular complexity index is 993. The van der Waals surface area contributed by atoms with Crippen molar-refractivity contribution >= 4 is 11.6 Å². The Morgan fingerprint density at radius 1 is 1.10 bits per heavy atom. The fourth-order valence-electron chi connectivity index (χ4n) is 3.24. The van der Waals surface area contributed by atoms with Crippen molar-refractivity contribution < 1.29 is 18.4 Å². The summed E-state index contributed by atoms with van der Waals surface area (Å²) in [6, 6.07) is 8.22. The van der Waals surface area contributed by atoms with Gasteiger partial charge in [0.25, 0.3) is 0 Å². The van der Waals surface area contributed by atoms with Crippen molar-refractivity contribution in [3.05, 3.63) is 70.9 Å². The molecule has 0 unspecified atom stereocenters. The maximum atomic E-state index is 13.9. The van der Waals surface area contributed by atoms with Gasteiger partial charge in [-0.25, -0.2) is 4.39 Å². The first-order chi connectivity index (χ1) is 14.0. The van der Waals surface area contributed by atoms with Crippen molar-refractivity contribution in [2.24, 2.45) is 0 Å². The molecule has 0 atom stereocenters. The molecule has 0 radical (unpaired) electrons. The minimum absolute atomic E-state index is 0.0482. The molecule has 0 saturated carbocycles. The number of aryl methyl sites for hydroxylation is 3. The molecule has 0 fully saturated rings. The fourth-order valence-corrected chi connectivity index (χ4v) is 3.24. The van der Waals surface area contributed by atoms with Crippen LogP contribution in [-0.2, 0) is 30.6 Å². The standard InChI is InChI=1S/C22H24FN3O3/c1-3-26-21(10-8-17(27)14-16-7-6-15(2)13-18(16)23)24-25-22(26)11-9-19(28)20-5-4-12-29-20/h4-7,12-13H,3,8-11,14H2,1-2H3. The van der Waals surface area contributed by atoms with Crippen molar-refractivity contribution in [2.75, 3.05) is 0 Å². The number of rotatable bonds is 10. The molecule has 3 aromatic rings. The Morgan fingerprint density at radius 3 is 2.45 bits per heavy atom. The zero-order valence-electron chi connectivity index (χ0n) is 16.7. The highest BCUT2D eigenvalue weighted by Crippen LogP contribution is 2.14. The van der Waals surface area contributed by atoms with E-state index < -0.39 is 0 Å². The van der Waals surface area contributed by atoms with E-state index in [1.165, 1.54) is 12.3 Å². The zero-order chi connectivity index (χ0) is 20.8. The van der Waals surface area contributed by atoms with Gasteiger partial charge in [0.1, 0.15) is 23.2 Å². The smallest absolute Gasteiger partial charge is 0.198 e. The average Bonchev–Trinajstić information content (AvgIpc) is 3.36. The number of hydrogen-bond acceptors (Lipinski definition) is 5. The van der Waals surface area contributed by atoms with E-state index in [2.05, 4.69) is 10.2 Å². The van der Waals surface area contributed by atoms with Gasteiger partial charge in [0, 0.05) is 38.6 Å². The highest BCUT2D eigenvalue weighted by molar-refractivity contribution is 5.93. The van der Waals surface area contributed by atoms with Crippen molar-refractivity contribution in [1.82, 2.24) is 14.8 Å². The molecule has 0 saturated heterocycles. The van der Waals surface area contributed by atoms with Crippen molar-refractivity contribution in [2.45, 2.75) is 52.5 Å². The van der Waals surface area contributed by atoms with Crippen LogP contribution in [0.25, 0.3) is 0 Å². The lowest BCUT2D eigenvalue weighted by Crippen LogP contribution is -2.11. The summed E-state index contributed by atoms with van der Waals surface area (Å²) in [5, 5.41) is 8.37. The van der Waals surface area contributed by atoms with Crippen LogP contribution < -0.4 is 0 Å². The molecule has 152 valence electrons. The van der Waals surface area contributed by atoms with Gasteiger partial charge in [-0.05, 0) is 43.2 Å². The molecule has 0 bridgehead atoms. The molecule has 7 heteroatoms. The molecular formula is C22H24FN3O3. The van der Waals surface area contributed by atoms with E-state index in [1.54, 1.807) is 24.3 Å². The SMILES string of the molecule is CCn1c(CCC(=O)Cc2ccc(C)cc2F)nnc1CCC(=O)c1ccco1. The van der Waals surface area contributed by atoms with Gasteiger partial charge in [-0.2, -0.15) is 0 Å². The van der Waals surface area contributed by atoms with Gasteiger partial charge in [0.05, 0.1) is 6.26 Å². The number of halogens is 1. The van der Waals surface area contributed by atoms with Crippen LogP contribution in [0.2, 0.25) is 0 Å². The van der Waals surface area contributed by atoms with Crippen molar-refractivity contribution in [1.29, 1.82) is 0 Å². The number of carbonyl (C=O) groups is 2. The normalized spacial score (nSPS) is 11.0. The van der Waals surface area contributed by atoms with E-state index in [0.29, 0.717) is 42.4 Å². The number of Topliss-reactive ketones (excluding diaryl/α,β-unsaturated/α-hetero) is 2. The number of nitrogens with zero attached hydrogens (tertiary/aromatic N) is 3. The second-order valence-corrected chi connectivity index (χ2v) is 6.99. The van der Waals surface area contributed by atoms with Gasteiger partial charge in [0.15, 0.2) is 11.5 Å². The van der Waals surface area contributed by atoms with Crippen LogP contribution in [0, 0.1) is 12.7 Å². The van der Waals surface area contributed by atoms with Crippen LogP contribution in [-0.4, -0.2) is 26.3 Å². The van der Waals surface area contributed by atoms with Crippen LogP contribution >= 0.6 is 0 Å². The Balaban J connectivity index is 1.57. The van der Waals surface area contributed by atoms with Crippen LogP contribution in [0.15, 0.2) is 41.0 Å². The van der Waals surface area contributed by atoms with Crippen LogP contribution in [0.4, 0.5) is 4.39 Å². The van der Waals surface area contributed by atoms with Gasteiger partial charge >= 0.3 is 0 Å². The van der Waals surface area contributed by atoms with Gasteiger partial charge in [-0.3, -0.25) is 9.59 Å². The molecule has 0 aliphatic heterocycles. The van der Waals surface area contributed by atoms with Crippen LogP contribution in [0.1, 0.15) is 53.1 Å². The molecule has 3 rings (SSSR count). The second kappa shape index (κ2) is 9.41. The summed E-state index contributed by atoms with van der Waals surface area (Å²) in [6.07, 6.45) is 2.95. The Morgan fingerprint density at radius 2 is 1.83 bits per heavy atom. The molecule has 6 nitrogen and oxygen atoms in total. The number of furan rings is 1. The van der Waals surface area contributed by atoms with E-state index in [-0.39, 0.29) is 36.6 Å². The lowest BCUT2D eigenvalue weighted by molar-refractivity contribution is -0.118. The average molecular weight is 397 g/mol. The van der Waals surface area contributed by atoms with Crippen LogP contribution in [0.3, 0.4) is 0 Å². The first-order valence-electron chi connectivity index (χ1n) is 9.72. The highest BCUT2D eigenvalue weighted by Gasteiger charge is 2.16. The maximum Gasteiger partial charge on any atom is 0.198 e. The molecule has 0 N–H and O–H groups in total. The molecule has 0 aliphatic rings. The molecule has 1 aromatic carbocycles. The number of ketones is 2. The highest BCUT2D eigenvalue weighted by atomic mass is 19.1. The minimum atomic E-state index is -0.349. The monoisotopic (exact) mass is 397 g/mol. The lowest BCUT2D eigenvalue weighted by Gasteiger charge is -2.07. The summed E-state index contributed by atoms with van der Waals surface area (Å²) in [4.78, 5) is 24.4. The number of benzene rings is 1. The predicted molar refractivity (Wildman–Crippen MR) is 105 cm³/mol. The lowest BCUT2D eigenvalue weighted by atomic mass is 10.0. The van der Waals surface area contributed by atoms with Crippen molar-refractivity contribution in [3.63, 3.8) is 0 Å². The van der Waals surface area contributed by atoms with Gasteiger partial charge in [0.2, 0.25) is 0 Å². The first kappa shape index (κ1) is 20.6. The maximum absolute atomic E-state index is 13.9. The van der Waals surface area contributed by atoms with E-state index in [4.69, 9.17) is 4.42 Å². The van der Waals surface area contributed by atoms with Gasteiger partial charge in [-0.1, -0.05) is 12.1 Å². The van der Waals surface area contributed by atoms with Gasteiger partial charge < -0.3 is 8.98 Å². The second-order valence-electron chi connectivity index (χ2n) is 6.99. The Labute approximate surface area is 168 Å². The summed E-state index contributed by atoms with van der Waals surface area (Å²) in [6.45, 7) is 4.42.